The molecular weight excluding hydrogens is 468 g/mol. The van der Waals surface area contributed by atoms with E-state index in [1.54, 1.807) is 29.2 Å². The summed E-state index contributed by atoms with van der Waals surface area (Å²) in [5.41, 5.74) is 2.00. The van der Waals surface area contributed by atoms with Crippen LogP contribution in [0.2, 0.25) is 5.02 Å². The second-order valence-electron chi connectivity index (χ2n) is 7.12. The largest absolute Gasteiger partial charge is 0.483 e. The molecule has 0 amide bonds. The highest BCUT2D eigenvalue weighted by Crippen LogP contribution is 2.37. The van der Waals surface area contributed by atoms with Gasteiger partial charge in [0.15, 0.2) is 28.6 Å². The van der Waals surface area contributed by atoms with E-state index >= 15 is 0 Å². The molecule has 3 heterocycles. The average molecular weight is 487 g/mol. The van der Waals surface area contributed by atoms with Crippen LogP contribution in [0.25, 0.3) is 10.6 Å². The molecule has 10 heteroatoms. The van der Waals surface area contributed by atoms with Crippen molar-refractivity contribution >= 4 is 34.7 Å². The number of halogens is 1. The fourth-order valence-corrected chi connectivity index (χ4v) is 5.19. The minimum Gasteiger partial charge on any atom is -0.483 e. The molecule has 0 fully saturated rings. The van der Waals surface area contributed by atoms with Gasteiger partial charge in [0.2, 0.25) is 6.79 Å². The van der Waals surface area contributed by atoms with Crippen LogP contribution in [0.1, 0.15) is 24.5 Å². The average Bonchev–Trinajstić information content (AvgIpc) is 3.51. The van der Waals surface area contributed by atoms with Gasteiger partial charge in [-0.25, -0.2) is 4.98 Å². The van der Waals surface area contributed by atoms with Crippen molar-refractivity contribution in [3.8, 4) is 27.8 Å². The van der Waals surface area contributed by atoms with E-state index in [4.69, 9.17) is 30.8 Å². The minimum atomic E-state index is -0.266. The first-order valence-electron chi connectivity index (χ1n) is 9.85. The van der Waals surface area contributed by atoms with Gasteiger partial charge in [-0.1, -0.05) is 29.4 Å². The van der Waals surface area contributed by atoms with Gasteiger partial charge in [0.25, 0.3) is 0 Å². The molecule has 5 rings (SSSR count). The summed E-state index contributed by atoms with van der Waals surface area (Å²) in [5, 5.41) is 13.1. The molecule has 0 aliphatic carbocycles. The molecule has 1 unspecified atom stereocenters. The predicted molar refractivity (Wildman–Crippen MR) is 125 cm³/mol. The molecule has 4 aromatic rings. The fraction of sp³-hybridized carbons (Fsp3) is 0.227. The predicted octanol–water partition coefficient (Wildman–Crippen LogP) is 5.75. The molecule has 2 aromatic carbocycles. The molecule has 164 valence electrons. The number of hydrogen-bond donors (Lipinski definition) is 0. The molecule has 0 saturated heterocycles. The van der Waals surface area contributed by atoms with Gasteiger partial charge >= 0.3 is 0 Å². The van der Waals surface area contributed by atoms with Crippen LogP contribution in [-0.2, 0) is 12.8 Å². The summed E-state index contributed by atoms with van der Waals surface area (Å²) in [5.74, 6) is 3.66. The van der Waals surface area contributed by atoms with Crippen molar-refractivity contribution in [3.63, 3.8) is 0 Å². The van der Waals surface area contributed by atoms with E-state index in [1.807, 2.05) is 54.9 Å². The maximum absolute atomic E-state index is 6.04. The summed E-state index contributed by atoms with van der Waals surface area (Å²) in [6.07, 6.45) is -0.266. The molecule has 0 spiro atoms. The number of ether oxygens (including phenoxy) is 3. The Bertz CT molecular complexity index is 1260. The normalized spacial score (nSPS) is 13.3. The van der Waals surface area contributed by atoms with Crippen LogP contribution in [-0.4, -0.2) is 26.5 Å². The van der Waals surface area contributed by atoms with Crippen LogP contribution in [0.5, 0.6) is 17.2 Å². The lowest BCUT2D eigenvalue weighted by atomic mass is 10.2. The van der Waals surface area contributed by atoms with Crippen molar-refractivity contribution in [1.29, 1.82) is 0 Å². The first-order chi connectivity index (χ1) is 15.6. The molecule has 2 aromatic heterocycles. The molecule has 1 aliphatic heterocycles. The zero-order valence-corrected chi connectivity index (χ0v) is 19.7. The third kappa shape index (κ3) is 4.41. The van der Waals surface area contributed by atoms with E-state index in [9.17, 15) is 0 Å². The van der Waals surface area contributed by atoms with Gasteiger partial charge in [0, 0.05) is 28.8 Å². The standard InChI is InChI=1S/C22H19ClN4O3S2/c1-13(30-17-5-3-4-15(23)9-17)20-25-26-22(27(20)2)32-11-16-10-31-21(24-16)14-6-7-18-19(8-14)29-12-28-18/h3-10,13H,11-12H2,1-2H3. The van der Waals surface area contributed by atoms with Crippen molar-refractivity contribution in [2.45, 2.75) is 23.9 Å². The number of benzene rings is 2. The Morgan fingerprint density at radius 2 is 2.06 bits per heavy atom. The Balaban J connectivity index is 1.24. The monoisotopic (exact) mass is 486 g/mol. The molecule has 0 bridgehead atoms. The topological polar surface area (TPSA) is 71.3 Å². The quantitative estimate of drug-likeness (QED) is 0.308. The van der Waals surface area contributed by atoms with Crippen LogP contribution < -0.4 is 14.2 Å². The van der Waals surface area contributed by atoms with Crippen molar-refractivity contribution < 1.29 is 14.2 Å². The van der Waals surface area contributed by atoms with Gasteiger partial charge in [-0.15, -0.1) is 21.5 Å². The Labute approximate surface area is 198 Å². The fourth-order valence-electron chi connectivity index (χ4n) is 3.28. The van der Waals surface area contributed by atoms with Crippen molar-refractivity contribution in [3.05, 3.63) is 64.4 Å². The Kier molecular flexibility index (Phi) is 5.95. The third-order valence-corrected chi connectivity index (χ3v) is 7.09. The maximum atomic E-state index is 6.04. The molecule has 0 saturated carbocycles. The Morgan fingerprint density at radius 3 is 2.94 bits per heavy atom. The van der Waals surface area contributed by atoms with Gasteiger partial charge in [-0.2, -0.15) is 0 Å². The van der Waals surface area contributed by atoms with E-state index < -0.39 is 0 Å². The van der Waals surface area contributed by atoms with E-state index in [0.717, 1.165) is 38.7 Å². The summed E-state index contributed by atoms with van der Waals surface area (Å²) >= 11 is 9.23. The molecule has 1 atom stereocenters. The number of nitrogens with zero attached hydrogens (tertiary/aromatic N) is 4. The van der Waals surface area contributed by atoms with Crippen LogP contribution in [0, 0.1) is 0 Å². The van der Waals surface area contributed by atoms with E-state index in [2.05, 4.69) is 15.6 Å². The van der Waals surface area contributed by atoms with E-state index in [1.165, 1.54) is 0 Å². The van der Waals surface area contributed by atoms with E-state index in [-0.39, 0.29) is 12.9 Å². The van der Waals surface area contributed by atoms with Crippen molar-refractivity contribution in [2.75, 3.05) is 6.79 Å². The van der Waals surface area contributed by atoms with Gasteiger partial charge in [-0.05, 0) is 43.3 Å². The number of hydrogen-bond acceptors (Lipinski definition) is 8. The van der Waals surface area contributed by atoms with Crippen LogP contribution in [0.3, 0.4) is 0 Å². The zero-order chi connectivity index (χ0) is 22.1. The number of fused-ring (bicyclic) bond motifs is 1. The molecule has 0 N–H and O–H groups in total. The van der Waals surface area contributed by atoms with Gasteiger partial charge < -0.3 is 18.8 Å². The van der Waals surface area contributed by atoms with Crippen LogP contribution in [0.4, 0.5) is 0 Å². The smallest absolute Gasteiger partial charge is 0.231 e. The highest BCUT2D eigenvalue weighted by Gasteiger charge is 2.19. The maximum Gasteiger partial charge on any atom is 0.231 e. The first-order valence-corrected chi connectivity index (χ1v) is 12.1. The lowest BCUT2D eigenvalue weighted by Crippen LogP contribution is -2.10. The summed E-state index contributed by atoms with van der Waals surface area (Å²) in [6, 6.07) is 13.2. The zero-order valence-electron chi connectivity index (χ0n) is 17.3. The highest BCUT2D eigenvalue weighted by atomic mass is 35.5. The van der Waals surface area contributed by atoms with Gasteiger partial charge in [-0.3, -0.25) is 0 Å². The van der Waals surface area contributed by atoms with E-state index in [0.29, 0.717) is 16.5 Å². The van der Waals surface area contributed by atoms with Gasteiger partial charge in [0.1, 0.15) is 10.8 Å². The minimum absolute atomic E-state index is 0.265. The molecule has 0 radical (unpaired) electrons. The third-order valence-electron chi connectivity index (χ3n) is 4.86. The summed E-state index contributed by atoms with van der Waals surface area (Å²) in [7, 11) is 1.94. The number of thioether (sulfide) groups is 1. The number of aromatic nitrogens is 4. The molecule has 7 nitrogen and oxygen atoms in total. The van der Waals surface area contributed by atoms with Gasteiger partial charge in [0.05, 0.1) is 5.69 Å². The number of rotatable bonds is 7. The molecule has 32 heavy (non-hydrogen) atoms. The molecule has 1 aliphatic rings. The highest BCUT2D eigenvalue weighted by molar-refractivity contribution is 7.98. The number of thiazole rings is 1. The van der Waals surface area contributed by atoms with Crippen LogP contribution in [0.15, 0.2) is 53.0 Å². The Morgan fingerprint density at radius 1 is 1.19 bits per heavy atom. The van der Waals surface area contributed by atoms with Crippen molar-refractivity contribution in [2.24, 2.45) is 7.05 Å². The second-order valence-corrected chi connectivity index (χ2v) is 9.35. The summed E-state index contributed by atoms with van der Waals surface area (Å²) in [6.45, 7) is 2.21. The lowest BCUT2D eigenvalue weighted by molar-refractivity contribution is 0.174. The van der Waals surface area contributed by atoms with Crippen molar-refractivity contribution in [1.82, 2.24) is 19.7 Å². The van der Waals surface area contributed by atoms with Crippen LogP contribution >= 0.6 is 34.7 Å². The Hall–Kier alpha value is -2.75. The second kappa shape index (κ2) is 9.01. The lowest BCUT2D eigenvalue weighted by Gasteiger charge is -2.14. The SMILES string of the molecule is CC(Oc1cccc(Cl)c1)c1nnc(SCc2csc(-c3ccc4c(c3)OCO4)n2)n1C. The molecular formula is C22H19ClN4O3S2. The summed E-state index contributed by atoms with van der Waals surface area (Å²) < 4.78 is 18.8. The first kappa shape index (κ1) is 21.1. The summed E-state index contributed by atoms with van der Waals surface area (Å²) in [4.78, 5) is 4.76.